The average Bonchev–Trinajstić information content (AvgIpc) is 2.41. The molecule has 1 rings (SSSR count). The van der Waals surface area contributed by atoms with Crippen LogP contribution in [0, 0.1) is 0 Å². The summed E-state index contributed by atoms with van der Waals surface area (Å²) in [5, 5.41) is 2.88. The van der Waals surface area contributed by atoms with E-state index in [9.17, 15) is 13.2 Å². The van der Waals surface area contributed by atoms with Crippen molar-refractivity contribution in [2.75, 3.05) is 33.5 Å². The highest BCUT2D eigenvalue weighted by molar-refractivity contribution is 5.19. The van der Waals surface area contributed by atoms with Gasteiger partial charge in [0.1, 0.15) is 0 Å². The molecule has 20 heavy (non-hydrogen) atoms. The van der Waals surface area contributed by atoms with Crippen LogP contribution in [0.3, 0.4) is 0 Å². The summed E-state index contributed by atoms with van der Waals surface area (Å²) in [5.74, 6) is 0. The maximum absolute atomic E-state index is 12.6. The van der Waals surface area contributed by atoms with E-state index in [0.29, 0.717) is 31.9 Å². The normalized spacial score (nSPS) is 13.4. The molecule has 6 heteroatoms. The van der Waals surface area contributed by atoms with Crippen molar-refractivity contribution in [3.63, 3.8) is 0 Å². The van der Waals surface area contributed by atoms with Gasteiger partial charge >= 0.3 is 6.18 Å². The van der Waals surface area contributed by atoms with Crippen LogP contribution in [0.4, 0.5) is 13.2 Å². The molecule has 0 saturated heterocycles. The standard InChI is InChI=1S/C14H20F3NO2/c1-19-9-10-20-8-7-18-13(11-14(15,16)17)12-5-3-2-4-6-12/h2-6,13,18H,7-11H2,1H3. The van der Waals surface area contributed by atoms with Crippen molar-refractivity contribution >= 4 is 0 Å². The first-order chi connectivity index (χ1) is 9.53. The van der Waals surface area contributed by atoms with E-state index in [4.69, 9.17) is 9.47 Å². The summed E-state index contributed by atoms with van der Waals surface area (Å²) in [5.41, 5.74) is 0.627. The van der Waals surface area contributed by atoms with Gasteiger partial charge in [-0.05, 0) is 5.56 Å². The minimum Gasteiger partial charge on any atom is -0.382 e. The molecule has 0 amide bonds. The number of hydrogen-bond acceptors (Lipinski definition) is 3. The molecule has 1 aromatic carbocycles. The summed E-state index contributed by atoms with van der Waals surface area (Å²) in [6.07, 6.45) is -5.10. The van der Waals surface area contributed by atoms with Crippen LogP contribution >= 0.6 is 0 Å². The first-order valence-corrected chi connectivity index (χ1v) is 6.44. The number of hydrogen-bond donors (Lipinski definition) is 1. The van der Waals surface area contributed by atoms with Crippen LogP contribution in [0.25, 0.3) is 0 Å². The van der Waals surface area contributed by atoms with Crippen LogP contribution in [0.1, 0.15) is 18.0 Å². The zero-order chi connectivity index (χ0) is 14.8. The minimum absolute atomic E-state index is 0.352. The van der Waals surface area contributed by atoms with E-state index in [0.717, 1.165) is 0 Å². The molecule has 1 N–H and O–H groups in total. The Labute approximate surface area is 117 Å². The molecule has 0 aromatic heterocycles. The average molecular weight is 291 g/mol. The van der Waals surface area contributed by atoms with E-state index in [-0.39, 0.29) is 0 Å². The van der Waals surface area contributed by atoms with Crippen LogP contribution in [0.15, 0.2) is 30.3 Å². The van der Waals surface area contributed by atoms with E-state index < -0.39 is 18.6 Å². The van der Waals surface area contributed by atoms with Gasteiger partial charge in [-0.1, -0.05) is 30.3 Å². The van der Waals surface area contributed by atoms with Gasteiger partial charge < -0.3 is 14.8 Å². The molecule has 114 valence electrons. The van der Waals surface area contributed by atoms with Crippen molar-refractivity contribution in [2.45, 2.75) is 18.6 Å². The molecule has 1 aromatic rings. The Kier molecular flexibility index (Phi) is 7.58. The number of ether oxygens (including phenoxy) is 2. The van der Waals surface area contributed by atoms with Crippen molar-refractivity contribution in [3.05, 3.63) is 35.9 Å². The predicted octanol–water partition coefficient (Wildman–Crippen LogP) is 2.93. The number of halogens is 3. The molecule has 0 aliphatic heterocycles. The number of alkyl halides is 3. The Balaban J connectivity index is 2.43. The Hall–Kier alpha value is -1.11. The predicted molar refractivity (Wildman–Crippen MR) is 70.6 cm³/mol. The molecule has 3 nitrogen and oxygen atoms in total. The summed E-state index contributed by atoms with van der Waals surface area (Å²) in [6.45, 7) is 1.63. The molecule has 0 radical (unpaired) electrons. The Morgan fingerprint density at radius 3 is 2.40 bits per heavy atom. The summed E-state index contributed by atoms with van der Waals surface area (Å²) in [4.78, 5) is 0. The second-order valence-electron chi connectivity index (χ2n) is 4.34. The second kappa shape index (κ2) is 8.94. The van der Waals surface area contributed by atoms with E-state index in [1.807, 2.05) is 0 Å². The lowest BCUT2D eigenvalue weighted by Crippen LogP contribution is -2.29. The van der Waals surface area contributed by atoms with Crippen molar-refractivity contribution in [1.82, 2.24) is 5.32 Å². The number of methoxy groups -OCH3 is 1. The van der Waals surface area contributed by atoms with E-state index in [1.54, 1.807) is 37.4 Å². The summed E-state index contributed by atoms with van der Waals surface area (Å²) < 4.78 is 47.8. The van der Waals surface area contributed by atoms with Gasteiger partial charge in [0.15, 0.2) is 0 Å². The van der Waals surface area contributed by atoms with Crippen molar-refractivity contribution in [3.8, 4) is 0 Å². The maximum atomic E-state index is 12.6. The van der Waals surface area contributed by atoms with E-state index in [2.05, 4.69) is 5.32 Å². The lowest BCUT2D eigenvalue weighted by atomic mass is 10.0. The monoisotopic (exact) mass is 291 g/mol. The smallest absolute Gasteiger partial charge is 0.382 e. The quantitative estimate of drug-likeness (QED) is 0.710. The molecular weight excluding hydrogens is 271 g/mol. The Morgan fingerprint density at radius 2 is 1.80 bits per heavy atom. The largest absolute Gasteiger partial charge is 0.390 e. The number of nitrogens with one attached hydrogen (secondary N) is 1. The van der Waals surface area contributed by atoms with E-state index in [1.165, 1.54) is 0 Å². The summed E-state index contributed by atoms with van der Waals surface area (Å²) in [6, 6.07) is 7.87. The summed E-state index contributed by atoms with van der Waals surface area (Å²) in [7, 11) is 1.57. The zero-order valence-electron chi connectivity index (χ0n) is 11.5. The number of rotatable bonds is 9. The fourth-order valence-electron chi connectivity index (χ4n) is 1.77. The molecule has 0 aliphatic carbocycles. The summed E-state index contributed by atoms with van der Waals surface area (Å²) >= 11 is 0. The highest BCUT2D eigenvalue weighted by atomic mass is 19.4. The first-order valence-electron chi connectivity index (χ1n) is 6.44. The minimum atomic E-state index is -4.20. The van der Waals surface area contributed by atoms with Crippen LogP contribution < -0.4 is 5.32 Å². The van der Waals surface area contributed by atoms with Gasteiger partial charge in [-0.2, -0.15) is 13.2 Å². The Bertz CT molecular complexity index is 357. The fourth-order valence-corrected chi connectivity index (χ4v) is 1.77. The fraction of sp³-hybridized carbons (Fsp3) is 0.571. The van der Waals surface area contributed by atoms with Gasteiger partial charge in [0.25, 0.3) is 0 Å². The Morgan fingerprint density at radius 1 is 1.10 bits per heavy atom. The van der Waals surface area contributed by atoms with Gasteiger partial charge in [-0.3, -0.25) is 0 Å². The van der Waals surface area contributed by atoms with Gasteiger partial charge in [0.2, 0.25) is 0 Å². The third-order valence-corrected chi connectivity index (χ3v) is 2.71. The maximum Gasteiger partial charge on any atom is 0.390 e. The molecular formula is C14H20F3NO2. The van der Waals surface area contributed by atoms with Crippen molar-refractivity contribution in [1.29, 1.82) is 0 Å². The molecule has 0 aliphatic rings. The molecule has 0 bridgehead atoms. The highest BCUT2D eigenvalue weighted by Gasteiger charge is 2.32. The van der Waals surface area contributed by atoms with Gasteiger partial charge in [-0.25, -0.2) is 0 Å². The van der Waals surface area contributed by atoms with Crippen LogP contribution in [0.5, 0.6) is 0 Å². The molecule has 0 saturated carbocycles. The lowest BCUT2D eigenvalue weighted by Gasteiger charge is -2.20. The molecule has 1 unspecified atom stereocenters. The molecule has 0 spiro atoms. The highest BCUT2D eigenvalue weighted by Crippen LogP contribution is 2.29. The topological polar surface area (TPSA) is 30.5 Å². The molecule has 0 fully saturated rings. The number of benzene rings is 1. The molecule has 1 atom stereocenters. The SMILES string of the molecule is COCCOCCNC(CC(F)(F)F)c1ccccc1. The van der Waals surface area contributed by atoms with Crippen molar-refractivity contribution < 1.29 is 22.6 Å². The first kappa shape index (κ1) is 16.9. The second-order valence-corrected chi connectivity index (χ2v) is 4.34. The van der Waals surface area contributed by atoms with Gasteiger partial charge in [0.05, 0.1) is 26.2 Å². The molecule has 0 heterocycles. The van der Waals surface area contributed by atoms with Gasteiger partial charge in [0, 0.05) is 19.7 Å². The van der Waals surface area contributed by atoms with Crippen LogP contribution in [-0.4, -0.2) is 39.7 Å². The van der Waals surface area contributed by atoms with Crippen molar-refractivity contribution in [2.24, 2.45) is 0 Å². The van der Waals surface area contributed by atoms with Crippen LogP contribution in [-0.2, 0) is 9.47 Å². The third kappa shape index (κ3) is 7.47. The lowest BCUT2D eigenvalue weighted by molar-refractivity contribution is -0.140. The van der Waals surface area contributed by atoms with Crippen LogP contribution in [0.2, 0.25) is 0 Å². The zero-order valence-corrected chi connectivity index (χ0v) is 11.5. The van der Waals surface area contributed by atoms with Gasteiger partial charge in [-0.15, -0.1) is 0 Å². The third-order valence-electron chi connectivity index (χ3n) is 2.71. The van der Waals surface area contributed by atoms with E-state index >= 15 is 0 Å².